The van der Waals surface area contributed by atoms with Crippen molar-refractivity contribution < 1.29 is 9.53 Å². The minimum Gasteiger partial charge on any atom is -0.379 e. The SMILES string of the molecule is C[C@@H](CN1CCOCC1)NC(=O)c1ccc2ncsc2c1. The number of benzene rings is 1. The van der Waals surface area contributed by atoms with Crippen molar-refractivity contribution in [3.63, 3.8) is 0 Å². The molecule has 2 aromatic rings. The molecule has 1 saturated heterocycles. The highest BCUT2D eigenvalue weighted by atomic mass is 32.1. The number of nitrogens with one attached hydrogen (secondary N) is 1. The van der Waals surface area contributed by atoms with Crippen LogP contribution in [-0.4, -0.2) is 54.7 Å². The second-order valence-electron chi connectivity index (χ2n) is 5.32. The molecule has 0 saturated carbocycles. The molecule has 1 atom stereocenters. The van der Waals surface area contributed by atoms with Crippen molar-refractivity contribution in [1.82, 2.24) is 15.2 Å². The van der Waals surface area contributed by atoms with Crippen LogP contribution in [0, 0.1) is 0 Å². The van der Waals surface area contributed by atoms with Gasteiger partial charge in [-0.2, -0.15) is 0 Å². The summed E-state index contributed by atoms with van der Waals surface area (Å²) in [5.74, 6) is -0.0222. The summed E-state index contributed by atoms with van der Waals surface area (Å²) in [6.07, 6.45) is 0. The van der Waals surface area contributed by atoms with E-state index in [9.17, 15) is 4.79 Å². The zero-order valence-electron chi connectivity index (χ0n) is 12.0. The van der Waals surface area contributed by atoms with E-state index in [1.165, 1.54) is 0 Å². The maximum Gasteiger partial charge on any atom is 0.251 e. The third-order valence-corrected chi connectivity index (χ3v) is 4.40. The van der Waals surface area contributed by atoms with Crippen molar-refractivity contribution >= 4 is 27.5 Å². The number of hydrogen-bond donors (Lipinski definition) is 1. The Labute approximate surface area is 127 Å². The third kappa shape index (κ3) is 3.58. The Hall–Kier alpha value is -1.50. The largest absolute Gasteiger partial charge is 0.379 e. The molecule has 0 unspecified atom stereocenters. The van der Waals surface area contributed by atoms with Crippen molar-refractivity contribution in [2.75, 3.05) is 32.8 Å². The number of ether oxygens (including phenoxy) is 1. The molecule has 1 aromatic heterocycles. The third-order valence-electron chi connectivity index (χ3n) is 3.61. The van der Waals surface area contributed by atoms with E-state index in [2.05, 4.69) is 15.2 Å². The van der Waals surface area contributed by atoms with E-state index < -0.39 is 0 Å². The summed E-state index contributed by atoms with van der Waals surface area (Å²) in [4.78, 5) is 18.8. The summed E-state index contributed by atoms with van der Waals surface area (Å²) in [5.41, 5.74) is 3.44. The summed E-state index contributed by atoms with van der Waals surface area (Å²) in [5, 5.41) is 3.06. The van der Waals surface area contributed by atoms with Gasteiger partial charge in [-0.15, -0.1) is 11.3 Å². The molecular weight excluding hydrogens is 286 g/mol. The van der Waals surface area contributed by atoms with Crippen molar-refractivity contribution in [3.8, 4) is 0 Å². The van der Waals surface area contributed by atoms with Crippen LogP contribution in [-0.2, 0) is 4.74 Å². The molecule has 1 aliphatic rings. The lowest BCUT2D eigenvalue weighted by Gasteiger charge is -2.29. The second kappa shape index (κ2) is 6.51. The molecule has 1 amide bonds. The van der Waals surface area contributed by atoms with E-state index in [0.29, 0.717) is 5.56 Å². The summed E-state index contributed by atoms with van der Waals surface area (Å²) in [6.45, 7) is 6.34. The quantitative estimate of drug-likeness (QED) is 0.935. The Bertz CT molecular complexity index is 622. The number of morpholine rings is 1. The van der Waals surface area contributed by atoms with Crippen LogP contribution in [0.1, 0.15) is 17.3 Å². The zero-order chi connectivity index (χ0) is 14.7. The lowest BCUT2D eigenvalue weighted by atomic mass is 10.2. The molecule has 1 fully saturated rings. The Morgan fingerprint density at radius 2 is 2.29 bits per heavy atom. The van der Waals surface area contributed by atoms with Gasteiger partial charge in [0.1, 0.15) is 0 Å². The van der Waals surface area contributed by atoms with Gasteiger partial charge in [0, 0.05) is 31.2 Å². The van der Waals surface area contributed by atoms with Gasteiger partial charge < -0.3 is 10.1 Å². The predicted octanol–water partition coefficient (Wildman–Crippen LogP) is 1.75. The number of aromatic nitrogens is 1. The van der Waals surface area contributed by atoms with Gasteiger partial charge in [0.05, 0.1) is 28.9 Å². The van der Waals surface area contributed by atoms with E-state index in [0.717, 1.165) is 43.1 Å². The first-order valence-corrected chi connectivity index (χ1v) is 8.04. The van der Waals surface area contributed by atoms with Crippen LogP contribution < -0.4 is 5.32 Å². The van der Waals surface area contributed by atoms with Crippen molar-refractivity contribution in [3.05, 3.63) is 29.3 Å². The fourth-order valence-electron chi connectivity index (χ4n) is 2.52. The van der Waals surface area contributed by atoms with Crippen molar-refractivity contribution in [2.45, 2.75) is 13.0 Å². The minimum atomic E-state index is -0.0222. The maximum atomic E-state index is 12.3. The molecule has 112 valence electrons. The van der Waals surface area contributed by atoms with Crippen LogP contribution in [0.2, 0.25) is 0 Å². The molecule has 6 heteroatoms. The molecule has 0 bridgehead atoms. The average molecular weight is 305 g/mol. The molecule has 0 radical (unpaired) electrons. The monoisotopic (exact) mass is 305 g/mol. The maximum absolute atomic E-state index is 12.3. The Kier molecular flexibility index (Phi) is 4.48. The number of fused-ring (bicyclic) bond motifs is 1. The topological polar surface area (TPSA) is 54.5 Å². The smallest absolute Gasteiger partial charge is 0.251 e. The van der Waals surface area contributed by atoms with Gasteiger partial charge in [0.15, 0.2) is 0 Å². The van der Waals surface area contributed by atoms with Crippen LogP contribution in [0.15, 0.2) is 23.7 Å². The highest BCUT2D eigenvalue weighted by Gasteiger charge is 2.16. The van der Waals surface area contributed by atoms with E-state index in [1.807, 2.05) is 25.1 Å². The van der Waals surface area contributed by atoms with Crippen molar-refractivity contribution in [2.24, 2.45) is 0 Å². The van der Waals surface area contributed by atoms with E-state index in [4.69, 9.17) is 4.74 Å². The highest BCUT2D eigenvalue weighted by Crippen LogP contribution is 2.19. The Morgan fingerprint density at radius 3 is 3.10 bits per heavy atom. The molecule has 1 aliphatic heterocycles. The summed E-state index contributed by atoms with van der Waals surface area (Å²) >= 11 is 1.55. The predicted molar refractivity (Wildman–Crippen MR) is 83.8 cm³/mol. The molecule has 21 heavy (non-hydrogen) atoms. The number of amides is 1. The molecular formula is C15H19N3O2S. The molecule has 0 aliphatic carbocycles. The first kappa shape index (κ1) is 14.4. The second-order valence-corrected chi connectivity index (χ2v) is 6.21. The van der Waals surface area contributed by atoms with Crippen LogP contribution in [0.25, 0.3) is 10.2 Å². The van der Waals surface area contributed by atoms with Crippen molar-refractivity contribution in [1.29, 1.82) is 0 Å². The molecule has 0 spiro atoms. The van der Waals surface area contributed by atoms with Gasteiger partial charge in [0.2, 0.25) is 0 Å². The van der Waals surface area contributed by atoms with Gasteiger partial charge in [0.25, 0.3) is 5.91 Å². The van der Waals surface area contributed by atoms with Gasteiger partial charge in [-0.25, -0.2) is 4.98 Å². The fourth-order valence-corrected chi connectivity index (χ4v) is 3.24. The zero-order valence-corrected chi connectivity index (χ0v) is 12.9. The minimum absolute atomic E-state index is 0.0222. The molecule has 2 heterocycles. The molecule has 3 rings (SSSR count). The van der Waals surface area contributed by atoms with Crippen LogP contribution in [0.3, 0.4) is 0 Å². The van der Waals surface area contributed by atoms with Crippen LogP contribution in [0.5, 0.6) is 0 Å². The number of nitrogens with zero attached hydrogens (tertiary/aromatic N) is 2. The average Bonchev–Trinajstić information content (AvgIpc) is 2.95. The normalized spacial score (nSPS) is 17.8. The summed E-state index contributed by atoms with van der Waals surface area (Å²) in [6, 6.07) is 5.75. The number of carbonyl (C=O) groups is 1. The van der Waals surface area contributed by atoms with E-state index in [1.54, 1.807) is 16.8 Å². The Morgan fingerprint density at radius 1 is 1.48 bits per heavy atom. The number of carbonyl (C=O) groups excluding carboxylic acids is 1. The van der Waals surface area contributed by atoms with Crippen LogP contribution >= 0.6 is 11.3 Å². The standard InChI is InChI=1S/C15H19N3O2S/c1-11(9-18-4-6-20-7-5-18)17-15(19)12-2-3-13-14(8-12)21-10-16-13/h2-3,8,10-11H,4-7,9H2,1H3,(H,17,19)/t11-/m0/s1. The van der Waals surface area contributed by atoms with Gasteiger partial charge in [-0.1, -0.05) is 0 Å². The molecule has 1 N–H and O–H groups in total. The van der Waals surface area contributed by atoms with E-state index in [-0.39, 0.29) is 11.9 Å². The van der Waals surface area contributed by atoms with Gasteiger partial charge in [-0.05, 0) is 25.1 Å². The van der Waals surface area contributed by atoms with Gasteiger partial charge >= 0.3 is 0 Å². The molecule has 5 nitrogen and oxygen atoms in total. The molecule has 1 aromatic carbocycles. The highest BCUT2D eigenvalue weighted by molar-refractivity contribution is 7.16. The van der Waals surface area contributed by atoms with Gasteiger partial charge in [-0.3, -0.25) is 9.69 Å². The summed E-state index contributed by atoms with van der Waals surface area (Å²) in [7, 11) is 0. The Balaban J connectivity index is 1.59. The lowest BCUT2D eigenvalue weighted by Crippen LogP contribution is -2.46. The first-order valence-electron chi connectivity index (χ1n) is 7.16. The fraction of sp³-hybridized carbons (Fsp3) is 0.467. The lowest BCUT2D eigenvalue weighted by molar-refractivity contribution is 0.0342. The number of rotatable bonds is 4. The first-order chi connectivity index (χ1) is 10.2. The number of hydrogen-bond acceptors (Lipinski definition) is 5. The van der Waals surface area contributed by atoms with Crippen LogP contribution in [0.4, 0.5) is 0 Å². The number of thiazole rings is 1. The van der Waals surface area contributed by atoms with E-state index >= 15 is 0 Å². The summed E-state index contributed by atoms with van der Waals surface area (Å²) < 4.78 is 6.38.